The standard InChI is InChI=1S/C15H21BrCl2O2/c16-7-3-1-2-4-8-19-9-10-20-12-13-5-6-14(17)11-15(13)18/h5-6,11H,1-4,7-10,12H2. The molecule has 0 aliphatic rings. The maximum absolute atomic E-state index is 6.05. The van der Waals surface area contributed by atoms with Crippen molar-refractivity contribution in [2.45, 2.75) is 32.3 Å². The molecule has 0 aliphatic heterocycles. The summed E-state index contributed by atoms with van der Waals surface area (Å²) in [6.45, 7) is 2.52. The van der Waals surface area contributed by atoms with Gasteiger partial charge in [0.1, 0.15) is 0 Å². The number of rotatable bonds is 11. The first-order valence-corrected chi connectivity index (χ1v) is 8.77. The Morgan fingerprint density at radius 2 is 1.65 bits per heavy atom. The maximum Gasteiger partial charge on any atom is 0.0732 e. The predicted octanol–water partition coefficient (Wildman–Crippen LogP) is 5.48. The number of alkyl halides is 1. The molecule has 1 rings (SSSR count). The van der Waals surface area contributed by atoms with Crippen molar-refractivity contribution >= 4 is 39.1 Å². The smallest absolute Gasteiger partial charge is 0.0732 e. The highest BCUT2D eigenvalue weighted by Gasteiger charge is 2.01. The number of hydrogen-bond acceptors (Lipinski definition) is 2. The molecule has 0 heterocycles. The highest BCUT2D eigenvalue weighted by atomic mass is 79.9. The van der Waals surface area contributed by atoms with Crippen LogP contribution in [0.2, 0.25) is 10.0 Å². The fourth-order valence-corrected chi connectivity index (χ4v) is 2.55. The van der Waals surface area contributed by atoms with Crippen LogP contribution in [0.25, 0.3) is 0 Å². The zero-order valence-corrected chi connectivity index (χ0v) is 14.6. The molecule has 0 fully saturated rings. The van der Waals surface area contributed by atoms with Gasteiger partial charge in [-0.2, -0.15) is 0 Å². The van der Waals surface area contributed by atoms with Crippen LogP contribution in [0.1, 0.15) is 31.2 Å². The summed E-state index contributed by atoms with van der Waals surface area (Å²) < 4.78 is 11.0. The van der Waals surface area contributed by atoms with Gasteiger partial charge in [0.2, 0.25) is 0 Å². The minimum absolute atomic E-state index is 0.491. The molecule has 0 aliphatic carbocycles. The highest BCUT2D eigenvalue weighted by Crippen LogP contribution is 2.21. The summed E-state index contributed by atoms with van der Waals surface area (Å²) >= 11 is 15.3. The Morgan fingerprint density at radius 1 is 0.900 bits per heavy atom. The number of halogens is 3. The lowest BCUT2D eigenvalue weighted by atomic mass is 10.2. The van der Waals surface area contributed by atoms with E-state index >= 15 is 0 Å². The summed E-state index contributed by atoms with van der Waals surface area (Å²) in [5.74, 6) is 0. The van der Waals surface area contributed by atoms with E-state index in [-0.39, 0.29) is 0 Å². The molecule has 2 nitrogen and oxygen atoms in total. The third-order valence-corrected chi connectivity index (χ3v) is 3.96. The summed E-state index contributed by atoms with van der Waals surface area (Å²) in [7, 11) is 0. The van der Waals surface area contributed by atoms with E-state index in [1.165, 1.54) is 19.3 Å². The molecule has 1 aromatic carbocycles. The molecule has 1 aromatic rings. The number of benzene rings is 1. The van der Waals surface area contributed by atoms with Gasteiger partial charge in [-0.05, 0) is 30.5 Å². The average molecular weight is 384 g/mol. The fraction of sp³-hybridized carbons (Fsp3) is 0.600. The lowest BCUT2D eigenvalue weighted by Gasteiger charge is -2.07. The Hall–Kier alpha value is 0.200. The predicted molar refractivity (Wildman–Crippen MR) is 89.2 cm³/mol. The first-order chi connectivity index (χ1) is 9.74. The Bertz CT molecular complexity index is 375. The van der Waals surface area contributed by atoms with Crippen LogP contribution in [0.5, 0.6) is 0 Å². The highest BCUT2D eigenvalue weighted by molar-refractivity contribution is 9.09. The van der Waals surface area contributed by atoms with Gasteiger partial charge in [-0.25, -0.2) is 0 Å². The Morgan fingerprint density at radius 3 is 2.40 bits per heavy atom. The molecule has 114 valence electrons. The Balaban J connectivity index is 1.97. The molecule has 0 atom stereocenters. The van der Waals surface area contributed by atoms with Gasteiger partial charge in [0, 0.05) is 22.0 Å². The third kappa shape index (κ3) is 8.48. The maximum atomic E-state index is 6.05. The molecule has 0 bridgehead atoms. The van der Waals surface area contributed by atoms with Crippen molar-refractivity contribution < 1.29 is 9.47 Å². The average Bonchev–Trinajstić information content (AvgIpc) is 2.43. The summed E-state index contributed by atoms with van der Waals surface area (Å²) in [6.07, 6.45) is 4.86. The van der Waals surface area contributed by atoms with E-state index in [1.807, 2.05) is 12.1 Å². The van der Waals surface area contributed by atoms with Crippen LogP contribution in [0.4, 0.5) is 0 Å². The van der Waals surface area contributed by atoms with E-state index in [4.69, 9.17) is 32.7 Å². The lowest BCUT2D eigenvalue weighted by Crippen LogP contribution is -2.05. The normalized spacial score (nSPS) is 10.9. The van der Waals surface area contributed by atoms with Crippen molar-refractivity contribution in [1.82, 2.24) is 0 Å². The van der Waals surface area contributed by atoms with Crippen LogP contribution in [-0.2, 0) is 16.1 Å². The first kappa shape index (κ1) is 18.2. The quantitative estimate of drug-likeness (QED) is 0.372. The van der Waals surface area contributed by atoms with E-state index in [2.05, 4.69) is 15.9 Å². The van der Waals surface area contributed by atoms with Crippen LogP contribution in [0, 0.1) is 0 Å². The van der Waals surface area contributed by atoms with Gasteiger partial charge in [0.05, 0.1) is 19.8 Å². The van der Waals surface area contributed by atoms with Crippen LogP contribution in [-0.4, -0.2) is 25.2 Å². The summed E-state index contributed by atoms with van der Waals surface area (Å²) in [5, 5.41) is 2.38. The van der Waals surface area contributed by atoms with Gasteiger partial charge in [-0.3, -0.25) is 0 Å². The molecule has 0 spiro atoms. The SMILES string of the molecule is Clc1ccc(COCCOCCCCCCBr)c(Cl)c1. The molecule has 0 unspecified atom stereocenters. The van der Waals surface area contributed by atoms with Crippen LogP contribution in [0.15, 0.2) is 18.2 Å². The van der Waals surface area contributed by atoms with E-state index in [0.717, 1.165) is 23.9 Å². The van der Waals surface area contributed by atoms with Crippen LogP contribution >= 0.6 is 39.1 Å². The molecule has 0 saturated carbocycles. The van der Waals surface area contributed by atoms with Gasteiger partial charge in [-0.1, -0.05) is 58.0 Å². The van der Waals surface area contributed by atoms with Crippen LogP contribution < -0.4 is 0 Å². The number of ether oxygens (including phenoxy) is 2. The van der Waals surface area contributed by atoms with E-state index in [1.54, 1.807) is 6.07 Å². The minimum atomic E-state index is 0.491. The van der Waals surface area contributed by atoms with Crippen molar-refractivity contribution in [2.75, 3.05) is 25.2 Å². The monoisotopic (exact) mass is 382 g/mol. The largest absolute Gasteiger partial charge is 0.379 e. The molecule has 0 amide bonds. The van der Waals surface area contributed by atoms with Gasteiger partial charge >= 0.3 is 0 Å². The summed E-state index contributed by atoms with van der Waals surface area (Å²) in [5.41, 5.74) is 0.950. The zero-order chi connectivity index (χ0) is 14.6. The van der Waals surface area contributed by atoms with Crippen molar-refractivity contribution in [3.05, 3.63) is 33.8 Å². The van der Waals surface area contributed by atoms with Crippen molar-refractivity contribution in [1.29, 1.82) is 0 Å². The molecule has 0 N–H and O–H groups in total. The van der Waals surface area contributed by atoms with Crippen LogP contribution in [0.3, 0.4) is 0 Å². The molecular weight excluding hydrogens is 363 g/mol. The summed E-state index contributed by atoms with van der Waals surface area (Å²) in [6, 6.07) is 5.43. The van der Waals surface area contributed by atoms with Gasteiger partial charge in [-0.15, -0.1) is 0 Å². The van der Waals surface area contributed by atoms with E-state index in [0.29, 0.717) is 29.9 Å². The molecule has 0 aromatic heterocycles. The first-order valence-electron chi connectivity index (χ1n) is 6.89. The topological polar surface area (TPSA) is 18.5 Å². The third-order valence-electron chi connectivity index (χ3n) is 2.82. The van der Waals surface area contributed by atoms with Gasteiger partial charge in [0.25, 0.3) is 0 Å². The second-order valence-electron chi connectivity index (χ2n) is 4.50. The van der Waals surface area contributed by atoms with Crippen molar-refractivity contribution in [3.8, 4) is 0 Å². The molecule has 0 saturated heterocycles. The van der Waals surface area contributed by atoms with E-state index < -0.39 is 0 Å². The van der Waals surface area contributed by atoms with E-state index in [9.17, 15) is 0 Å². The molecule has 5 heteroatoms. The fourth-order valence-electron chi connectivity index (χ4n) is 1.69. The number of unbranched alkanes of at least 4 members (excludes halogenated alkanes) is 3. The zero-order valence-electron chi connectivity index (χ0n) is 11.5. The minimum Gasteiger partial charge on any atom is -0.379 e. The van der Waals surface area contributed by atoms with Gasteiger partial charge < -0.3 is 9.47 Å². The molecule has 20 heavy (non-hydrogen) atoms. The van der Waals surface area contributed by atoms with Crippen molar-refractivity contribution in [3.63, 3.8) is 0 Å². The van der Waals surface area contributed by atoms with Crippen molar-refractivity contribution in [2.24, 2.45) is 0 Å². The Kier molecular flexibility index (Phi) is 10.8. The van der Waals surface area contributed by atoms with Gasteiger partial charge in [0.15, 0.2) is 0 Å². The Labute approximate surface area is 139 Å². The number of hydrogen-bond donors (Lipinski definition) is 0. The molecule has 0 radical (unpaired) electrons. The molecular formula is C15H21BrCl2O2. The second kappa shape index (κ2) is 11.8. The summed E-state index contributed by atoms with van der Waals surface area (Å²) in [4.78, 5) is 0. The second-order valence-corrected chi connectivity index (χ2v) is 6.14. The lowest BCUT2D eigenvalue weighted by molar-refractivity contribution is 0.0393.